The molecule has 3 rings (SSSR count). The van der Waals surface area contributed by atoms with Gasteiger partial charge in [-0.25, -0.2) is 4.68 Å². The molecule has 5 heteroatoms. The molecule has 0 aliphatic heterocycles. The number of fused-ring (bicyclic) bond motifs is 1. The number of nitrogens with zero attached hydrogens (tertiary/aromatic N) is 3. The molecule has 3 aromatic rings. The maximum absolute atomic E-state index is 5.68. The Morgan fingerprint density at radius 3 is 2.89 bits per heavy atom. The lowest BCUT2D eigenvalue weighted by atomic mass is 10.3. The summed E-state index contributed by atoms with van der Waals surface area (Å²) in [5.74, 6) is 0.717. The van der Waals surface area contributed by atoms with E-state index in [-0.39, 0.29) is 0 Å². The van der Waals surface area contributed by atoms with Crippen molar-refractivity contribution in [3.63, 3.8) is 0 Å². The Bertz CT molecular complexity index is 677. The van der Waals surface area contributed by atoms with E-state index < -0.39 is 0 Å². The van der Waals surface area contributed by atoms with E-state index in [0.717, 1.165) is 16.8 Å². The van der Waals surface area contributed by atoms with Crippen LogP contribution in [-0.2, 0) is 6.73 Å². The van der Waals surface area contributed by atoms with Gasteiger partial charge in [-0.05, 0) is 24.3 Å². The molecule has 0 aliphatic rings. The van der Waals surface area contributed by atoms with Gasteiger partial charge in [-0.2, -0.15) is 0 Å². The Labute approximate surface area is 104 Å². The molecular formula is C13H12N4O. The van der Waals surface area contributed by atoms with E-state index in [4.69, 9.17) is 10.5 Å². The first-order chi connectivity index (χ1) is 8.83. The number of nitrogens with two attached hydrogens (primary N) is 1. The summed E-state index contributed by atoms with van der Waals surface area (Å²) in [4.78, 5) is 0. The number of hydrogen-bond acceptors (Lipinski definition) is 4. The van der Waals surface area contributed by atoms with E-state index in [1.807, 2.05) is 42.5 Å². The largest absolute Gasteiger partial charge is 0.471 e. The van der Waals surface area contributed by atoms with Crippen LogP contribution in [0.2, 0.25) is 0 Å². The average molecular weight is 240 g/mol. The normalized spacial score (nSPS) is 10.7. The van der Waals surface area contributed by atoms with E-state index in [2.05, 4.69) is 10.3 Å². The van der Waals surface area contributed by atoms with Crippen molar-refractivity contribution in [3.05, 3.63) is 48.5 Å². The van der Waals surface area contributed by atoms with E-state index in [1.54, 1.807) is 10.7 Å². The average Bonchev–Trinajstić information content (AvgIpc) is 2.80. The molecule has 0 aliphatic carbocycles. The molecule has 1 heterocycles. The highest BCUT2D eigenvalue weighted by molar-refractivity contribution is 5.73. The summed E-state index contributed by atoms with van der Waals surface area (Å²) in [6.45, 7) is 0.309. The summed E-state index contributed by atoms with van der Waals surface area (Å²) in [5.41, 5.74) is 8.16. The lowest BCUT2D eigenvalue weighted by molar-refractivity contribution is 0.223. The van der Waals surface area contributed by atoms with Crippen molar-refractivity contribution in [2.45, 2.75) is 6.73 Å². The van der Waals surface area contributed by atoms with Gasteiger partial charge in [0.2, 0.25) is 0 Å². The smallest absolute Gasteiger partial charge is 0.183 e. The van der Waals surface area contributed by atoms with Gasteiger partial charge in [-0.15, -0.1) is 5.10 Å². The van der Waals surface area contributed by atoms with Gasteiger partial charge >= 0.3 is 0 Å². The number of benzene rings is 2. The summed E-state index contributed by atoms with van der Waals surface area (Å²) in [5, 5.41) is 8.10. The standard InChI is InChI=1S/C13H12N4O/c14-10-4-3-5-11(8-10)18-9-17-13-7-2-1-6-12(13)15-16-17/h1-8H,9,14H2. The molecule has 0 atom stereocenters. The third-order valence-electron chi connectivity index (χ3n) is 2.63. The van der Waals surface area contributed by atoms with E-state index in [9.17, 15) is 0 Å². The Morgan fingerprint density at radius 2 is 2.00 bits per heavy atom. The first kappa shape index (κ1) is 10.6. The van der Waals surface area contributed by atoms with Crippen molar-refractivity contribution in [3.8, 4) is 5.75 Å². The maximum Gasteiger partial charge on any atom is 0.183 e. The van der Waals surface area contributed by atoms with E-state index >= 15 is 0 Å². The molecule has 5 nitrogen and oxygen atoms in total. The van der Waals surface area contributed by atoms with Crippen LogP contribution in [0.1, 0.15) is 0 Å². The SMILES string of the molecule is Nc1cccc(OCn2nnc3ccccc32)c1. The summed E-state index contributed by atoms with van der Waals surface area (Å²) >= 11 is 0. The zero-order valence-electron chi connectivity index (χ0n) is 9.65. The van der Waals surface area contributed by atoms with Crippen LogP contribution in [0.25, 0.3) is 11.0 Å². The highest BCUT2D eigenvalue weighted by Crippen LogP contribution is 2.16. The number of nitrogen functional groups attached to an aromatic ring is 1. The van der Waals surface area contributed by atoms with Crippen molar-refractivity contribution in [2.75, 3.05) is 5.73 Å². The second-order valence-corrected chi connectivity index (χ2v) is 3.92. The molecule has 0 fully saturated rings. The fourth-order valence-corrected chi connectivity index (χ4v) is 1.75. The Hall–Kier alpha value is -2.56. The molecule has 0 bridgehead atoms. The number of hydrogen-bond donors (Lipinski definition) is 1. The molecule has 0 unspecified atom stereocenters. The topological polar surface area (TPSA) is 66.0 Å². The second-order valence-electron chi connectivity index (χ2n) is 3.92. The molecule has 0 saturated heterocycles. The van der Waals surface area contributed by atoms with Crippen molar-refractivity contribution in [1.82, 2.24) is 15.0 Å². The number of aromatic nitrogens is 3. The lowest BCUT2D eigenvalue weighted by Crippen LogP contribution is -2.06. The van der Waals surface area contributed by atoms with Crippen molar-refractivity contribution < 1.29 is 4.74 Å². The van der Waals surface area contributed by atoms with E-state index in [0.29, 0.717) is 12.4 Å². The summed E-state index contributed by atoms with van der Waals surface area (Å²) in [6, 6.07) is 15.1. The Morgan fingerprint density at radius 1 is 1.11 bits per heavy atom. The van der Waals surface area contributed by atoms with Crippen LogP contribution in [0, 0.1) is 0 Å². The Kier molecular flexibility index (Phi) is 2.57. The number of rotatable bonds is 3. The lowest BCUT2D eigenvalue weighted by Gasteiger charge is -2.06. The molecule has 0 spiro atoms. The first-order valence-corrected chi connectivity index (χ1v) is 5.59. The molecule has 0 amide bonds. The first-order valence-electron chi connectivity index (χ1n) is 5.59. The van der Waals surface area contributed by atoms with Crippen LogP contribution >= 0.6 is 0 Å². The summed E-state index contributed by atoms with van der Waals surface area (Å²) in [7, 11) is 0. The number of ether oxygens (including phenoxy) is 1. The fourth-order valence-electron chi connectivity index (χ4n) is 1.75. The fraction of sp³-hybridized carbons (Fsp3) is 0.0769. The molecule has 90 valence electrons. The molecule has 2 aromatic carbocycles. The minimum Gasteiger partial charge on any atom is -0.471 e. The minimum absolute atomic E-state index is 0.309. The van der Waals surface area contributed by atoms with Crippen LogP contribution in [0.3, 0.4) is 0 Å². The zero-order valence-corrected chi connectivity index (χ0v) is 9.65. The molecule has 2 N–H and O–H groups in total. The zero-order chi connectivity index (χ0) is 12.4. The predicted octanol–water partition coefficient (Wildman–Crippen LogP) is 2.05. The quantitative estimate of drug-likeness (QED) is 0.711. The summed E-state index contributed by atoms with van der Waals surface area (Å²) in [6.07, 6.45) is 0. The van der Waals surface area contributed by atoms with Crippen LogP contribution in [0.15, 0.2) is 48.5 Å². The summed E-state index contributed by atoms with van der Waals surface area (Å²) < 4.78 is 7.33. The highest BCUT2D eigenvalue weighted by atomic mass is 16.5. The van der Waals surface area contributed by atoms with Gasteiger partial charge in [0, 0.05) is 11.8 Å². The van der Waals surface area contributed by atoms with Crippen molar-refractivity contribution in [1.29, 1.82) is 0 Å². The molecule has 0 radical (unpaired) electrons. The van der Waals surface area contributed by atoms with Crippen LogP contribution in [0.5, 0.6) is 5.75 Å². The van der Waals surface area contributed by atoms with Gasteiger partial charge in [0.25, 0.3) is 0 Å². The van der Waals surface area contributed by atoms with Gasteiger partial charge in [0.15, 0.2) is 6.73 Å². The Balaban J connectivity index is 1.81. The molecular weight excluding hydrogens is 228 g/mol. The second kappa shape index (κ2) is 4.37. The van der Waals surface area contributed by atoms with Crippen molar-refractivity contribution in [2.24, 2.45) is 0 Å². The van der Waals surface area contributed by atoms with Gasteiger partial charge in [-0.3, -0.25) is 0 Å². The van der Waals surface area contributed by atoms with E-state index in [1.165, 1.54) is 0 Å². The van der Waals surface area contributed by atoms with Gasteiger partial charge in [0.05, 0.1) is 5.52 Å². The molecule has 1 aromatic heterocycles. The third-order valence-corrected chi connectivity index (χ3v) is 2.63. The number of para-hydroxylation sites is 1. The highest BCUT2D eigenvalue weighted by Gasteiger charge is 2.03. The third kappa shape index (κ3) is 1.98. The van der Waals surface area contributed by atoms with Crippen LogP contribution in [-0.4, -0.2) is 15.0 Å². The van der Waals surface area contributed by atoms with Gasteiger partial charge in [0.1, 0.15) is 11.3 Å². The predicted molar refractivity (Wildman–Crippen MR) is 69.0 cm³/mol. The van der Waals surface area contributed by atoms with Gasteiger partial charge in [-0.1, -0.05) is 23.4 Å². The van der Waals surface area contributed by atoms with Crippen LogP contribution < -0.4 is 10.5 Å². The van der Waals surface area contributed by atoms with Crippen LogP contribution in [0.4, 0.5) is 5.69 Å². The monoisotopic (exact) mass is 240 g/mol. The molecule has 0 saturated carbocycles. The van der Waals surface area contributed by atoms with Gasteiger partial charge < -0.3 is 10.5 Å². The number of anilines is 1. The molecule has 18 heavy (non-hydrogen) atoms. The minimum atomic E-state index is 0.309. The van der Waals surface area contributed by atoms with Crippen molar-refractivity contribution >= 4 is 16.7 Å². The maximum atomic E-state index is 5.68.